The first kappa shape index (κ1) is 40.1. The first-order valence-electron chi connectivity index (χ1n) is 18.3. The molecule has 0 saturated carbocycles. The zero-order chi connectivity index (χ0) is 29.9. The predicted molar refractivity (Wildman–Crippen MR) is 178 cm³/mol. The van der Waals surface area contributed by atoms with Gasteiger partial charge in [-0.15, -0.1) is 0 Å². The van der Waals surface area contributed by atoms with Crippen LogP contribution in [-0.2, 0) is 14.3 Å². The van der Waals surface area contributed by atoms with E-state index >= 15 is 0 Å². The summed E-state index contributed by atoms with van der Waals surface area (Å²) >= 11 is 0. The monoisotopic (exact) mass is 581 g/mol. The topological polar surface area (TPSA) is 55.8 Å². The van der Waals surface area contributed by atoms with Crippen molar-refractivity contribution in [3.63, 3.8) is 0 Å². The first-order chi connectivity index (χ1) is 20.2. The molecule has 0 aromatic carbocycles. The fourth-order valence-corrected chi connectivity index (χ4v) is 5.31. The Balaban J connectivity index is 3.38. The van der Waals surface area contributed by atoms with Crippen LogP contribution in [0.3, 0.4) is 0 Å². The van der Waals surface area contributed by atoms with Crippen molar-refractivity contribution in [3.8, 4) is 0 Å². The van der Waals surface area contributed by atoms with Gasteiger partial charge in [-0.3, -0.25) is 4.79 Å². The van der Waals surface area contributed by atoms with Gasteiger partial charge < -0.3 is 14.6 Å². The molecule has 1 atom stereocenters. The maximum absolute atomic E-state index is 12.1. The summed E-state index contributed by atoms with van der Waals surface area (Å²) in [6, 6.07) is 0. The zero-order valence-electron chi connectivity index (χ0n) is 27.8. The molecule has 0 bridgehead atoms. The van der Waals surface area contributed by atoms with Crippen LogP contribution in [0.5, 0.6) is 0 Å². The molecular formula is C37H72O4. The standard InChI is InChI=1S/C37H72O4/c1-3-5-7-9-11-13-15-16-17-18-19-20-21-23-25-27-29-31-33-40-35-36(34-38)41-37(39)32-30-28-26-24-22-14-12-10-8-6-4-2/h10,12,36,38H,3-9,11,13-35H2,1-2H3/b12-10-. The third-order valence-electron chi connectivity index (χ3n) is 8.09. The second-order valence-electron chi connectivity index (χ2n) is 12.3. The van der Waals surface area contributed by atoms with E-state index in [1.165, 1.54) is 154 Å². The van der Waals surface area contributed by atoms with Gasteiger partial charge in [-0.25, -0.2) is 0 Å². The molecule has 0 saturated heterocycles. The fourth-order valence-electron chi connectivity index (χ4n) is 5.31. The molecule has 4 nitrogen and oxygen atoms in total. The van der Waals surface area contributed by atoms with Gasteiger partial charge in [-0.1, -0.05) is 167 Å². The van der Waals surface area contributed by atoms with Crippen LogP contribution in [0, 0.1) is 0 Å². The number of carbonyl (C=O) groups excluding carboxylic acids is 1. The van der Waals surface area contributed by atoms with E-state index in [1.807, 2.05) is 0 Å². The van der Waals surface area contributed by atoms with Gasteiger partial charge in [0, 0.05) is 13.0 Å². The molecule has 0 rings (SSSR count). The van der Waals surface area contributed by atoms with Crippen molar-refractivity contribution < 1.29 is 19.4 Å². The Morgan fingerprint density at radius 1 is 0.561 bits per heavy atom. The minimum atomic E-state index is -0.530. The Morgan fingerprint density at radius 2 is 0.976 bits per heavy atom. The molecule has 0 aromatic heterocycles. The number of hydrogen-bond acceptors (Lipinski definition) is 4. The van der Waals surface area contributed by atoms with Crippen molar-refractivity contribution in [1.82, 2.24) is 0 Å². The summed E-state index contributed by atoms with van der Waals surface area (Å²) in [4.78, 5) is 12.1. The molecule has 0 fully saturated rings. The zero-order valence-corrected chi connectivity index (χ0v) is 27.8. The highest BCUT2D eigenvalue weighted by atomic mass is 16.6. The Kier molecular flexibility index (Phi) is 34.6. The van der Waals surface area contributed by atoms with E-state index in [0.717, 1.165) is 19.3 Å². The lowest BCUT2D eigenvalue weighted by Crippen LogP contribution is -2.27. The lowest BCUT2D eigenvalue weighted by Gasteiger charge is -2.15. The number of unbranched alkanes of at least 4 members (excludes halogenated alkanes) is 24. The van der Waals surface area contributed by atoms with Crippen LogP contribution in [-0.4, -0.2) is 37.0 Å². The number of aliphatic hydroxyl groups excluding tert-OH is 1. The van der Waals surface area contributed by atoms with Crippen LogP contribution in [0.1, 0.15) is 194 Å². The van der Waals surface area contributed by atoms with Crippen molar-refractivity contribution >= 4 is 5.97 Å². The highest BCUT2D eigenvalue weighted by molar-refractivity contribution is 5.69. The molecule has 0 aliphatic carbocycles. The minimum Gasteiger partial charge on any atom is -0.457 e. The van der Waals surface area contributed by atoms with Crippen LogP contribution in [0.15, 0.2) is 12.2 Å². The lowest BCUT2D eigenvalue weighted by molar-refractivity contribution is -0.154. The Bertz CT molecular complexity index is 533. The fraction of sp³-hybridized carbons (Fsp3) is 0.919. The van der Waals surface area contributed by atoms with Gasteiger partial charge in [0.15, 0.2) is 0 Å². The molecule has 0 aliphatic heterocycles. The highest BCUT2D eigenvalue weighted by Crippen LogP contribution is 2.14. The van der Waals surface area contributed by atoms with E-state index in [0.29, 0.717) is 19.6 Å². The molecule has 4 heteroatoms. The van der Waals surface area contributed by atoms with Gasteiger partial charge in [-0.05, 0) is 32.1 Å². The second-order valence-corrected chi connectivity index (χ2v) is 12.3. The predicted octanol–water partition coefficient (Wildman–Crippen LogP) is 11.4. The van der Waals surface area contributed by atoms with E-state index < -0.39 is 6.10 Å². The quantitative estimate of drug-likeness (QED) is 0.0467. The van der Waals surface area contributed by atoms with Gasteiger partial charge >= 0.3 is 5.97 Å². The largest absolute Gasteiger partial charge is 0.457 e. The third-order valence-corrected chi connectivity index (χ3v) is 8.09. The average Bonchev–Trinajstić information content (AvgIpc) is 2.98. The van der Waals surface area contributed by atoms with Crippen molar-refractivity contribution in [2.75, 3.05) is 19.8 Å². The minimum absolute atomic E-state index is 0.170. The molecular weight excluding hydrogens is 508 g/mol. The van der Waals surface area contributed by atoms with Crippen molar-refractivity contribution in [2.24, 2.45) is 0 Å². The van der Waals surface area contributed by atoms with Gasteiger partial charge in [-0.2, -0.15) is 0 Å². The van der Waals surface area contributed by atoms with E-state index in [4.69, 9.17) is 9.47 Å². The third kappa shape index (κ3) is 33.5. The molecule has 0 aromatic rings. The number of carbonyl (C=O) groups is 1. The Labute approximate surface area is 256 Å². The molecule has 1 N–H and O–H groups in total. The summed E-state index contributed by atoms with van der Waals surface area (Å²) in [5.41, 5.74) is 0. The summed E-state index contributed by atoms with van der Waals surface area (Å²) in [6.45, 7) is 5.32. The summed E-state index contributed by atoms with van der Waals surface area (Å²) in [7, 11) is 0. The number of rotatable bonds is 34. The summed E-state index contributed by atoms with van der Waals surface area (Å²) in [5.74, 6) is -0.209. The molecule has 0 heterocycles. The number of allylic oxidation sites excluding steroid dienone is 2. The summed E-state index contributed by atoms with van der Waals surface area (Å²) in [6.07, 6.45) is 39.7. The van der Waals surface area contributed by atoms with E-state index in [-0.39, 0.29) is 12.6 Å². The van der Waals surface area contributed by atoms with Crippen molar-refractivity contribution in [1.29, 1.82) is 0 Å². The molecule has 41 heavy (non-hydrogen) atoms. The Hall–Kier alpha value is -0.870. The van der Waals surface area contributed by atoms with E-state index in [9.17, 15) is 9.90 Å². The smallest absolute Gasteiger partial charge is 0.306 e. The van der Waals surface area contributed by atoms with Crippen LogP contribution >= 0.6 is 0 Å². The number of aliphatic hydroxyl groups is 1. The summed E-state index contributed by atoms with van der Waals surface area (Å²) in [5, 5.41) is 9.53. The molecule has 0 amide bonds. The number of esters is 1. The first-order valence-corrected chi connectivity index (χ1v) is 18.3. The van der Waals surface area contributed by atoms with Crippen LogP contribution in [0.4, 0.5) is 0 Å². The number of hydrogen-bond donors (Lipinski definition) is 1. The van der Waals surface area contributed by atoms with Gasteiger partial charge in [0.25, 0.3) is 0 Å². The number of ether oxygens (including phenoxy) is 2. The van der Waals surface area contributed by atoms with Gasteiger partial charge in [0.05, 0.1) is 13.2 Å². The molecule has 0 spiro atoms. The van der Waals surface area contributed by atoms with Crippen molar-refractivity contribution in [2.45, 2.75) is 200 Å². The average molecular weight is 581 g/mol. The molecule has 0 radical (unpaired) electrons. The lowest BCUT2D eigenvalue weighted by atomic mass is 10.0. The van der Waals surface area contributed by atoms with Crippen LogP contribution in [0.25, 0.3) is 0 Å². The van der Waals surface area contributed by atoms with Crippen molar-refractivity contribution in [3.05, 3.63) is 12.2 Å². The highest BCUT2D eigenvalue weighted by Gasteiger charge is 2.13. The van der Waals surface area contributed by atoms with Gasteiger partial charge in [0.2, 0.25) is 0 Å². The SMILES string of the molecule is CCCC/C=C\CCCCCCCC(=O)OC(CO)COCCCCCCCCCCCCCCCCCCCC. The second kappa shape index (κ2) is 35.3. The molecule has 0 aliphatic rings. The normalized spacial score (nSPS) is 12.4. The molecule has 244 valence electrons. The van der Waals surface area contributed by atoms with Crippen LogP contribution < -0.4 is 0 Å². The summed E-state index contributed by atoms with van der Waals surface area (Å²) < 4.78 is 11.1. The molecule has 1 unspecified atom stereocenters. The van der Waals surface area contributed by atoms with Gasteiger partial charge in [0.1, 0.15) is 6.10 Å². The maximum atomic E-state index is 12.1. The van der Waals surface area contributed by atoms with Crippen LogP contribution in [0.2, 0.25) is 0 Å². The Morgan fingerprint density at radius 3 is 1.46 bits per heavy atom. The maximum Gasteiger partial charge on any atom is 0.306 e. The van der Waals surface area contributed by atoms with E-state index in [1.54, 1.807) is 0 Å². The van der Waals surface area contributed by atoms with E-state index in [2.05, 4.69) is 26.0 Å².